The Kier molecular flexibility index (Phi) is 12.3. The predicted octanol–water partition coefficient (Wildman–Crippen LogP) is -2.08. The van der Waals surface area contributed by atoms with Gasteiger partial charge in [0.1, 0.15) is 0 Å². The molecule has 0 saturated heterocycles. The molecule has 0 aromatic heterocycles. The maximum atomic E-state index is 10.4. The third kappa shape index (κ3) is 33.4. The normalized spacial score (nSPS) is 8.62. The van der Waals surface area contributed by atoms with E-state index < -0.39 is 19.8 Å². The second-order valence-corrected chi connectivity index (χ2v) is 2.21. The summed E-state index contributed by atoms with van der Waals surface area (Å²) in [5.74, 6) is -3.84. The summed E-state index contributed by atoms with van der Waals surface area (Å²) in [5.41, 5.74) is 0. The van der Waals surface area contributed by atoms with Gasteiger partial charge in [-0.2, -0.15) is 0 Å². The molecule has 0 heterocycles. The summed E-state index contributed by atoms with van der Waals surface area (Å²) >= 11 is 0. The van der Waals surface area contributed by atoms with Gasteiger partial charge in [-0.25, -0.2) is 19.1 Å². The summed E-state index contributed by atoms with van der Waals surface area (Å²) in [6.45, 7) is 0. The van der Waals surface area contributed by atoms with E-state index in [0.29, 0.717) is 0 Å². The number of carboxylic acid groups (broad SMARTS) is 1. The zero-order valence-electron chi connectivity index (χ0n) is 5.25. The van der Waals surface area contributed by atoms with Gasteiger partial charge in [-0.1, -0.05) is 0 Å². The number of carboxylic acids is 1. The summed E-state index contributed by atoms with van der Waals surface area (Å²) < 4.78 is 19.3. The molecule has 11 heteroatoms. The quantitative estimate of drug-likeness (QED) is 0.211. The molecule has 0 spiro atoms. The van der Waals surface area contributed by atoms with Gasteiger partial charge in [-0.3, -0.25) is 0 Å². The second kappa shape index (κ2) is 8.57. The molecule has 0 radical (unpaired) electrons. The van der Waals surface area contributed by atoms with Crippen LogP contribution in [0.25, 0.3) is 0 Å². The molecule has 0 fully saturated rings. The van der Waals surface area contributed by atoms with Crippen molar-refractivity contribution in [3.8, 4) is 0 Å². The van der Waals surface area contributed by atoms with E-state index in [9.17, 15) is 14.1 Å². The summed E-state index contributed by atoms with van der Waals surface area (Å²) in [6.07, 6.45) is 0. The molecule has 0 atom stereocenters. The van der Waals surface area contributed by atoms with Crippen molar-refractivity contribution in [3.63, 3.8) is 0 Å². The molecule has 8 nitrogen and oxygen atoms in total. The van der Waals surface area contributed by atoms with Gasteiger partial charge in [0.2, 0.25) is 0 Å². The van der Waals surface area contributed by atoms with Crippen LogP contribution in [-0.2, 0) is 19.1 Å². The molecule has 13 heavy (non-hydrogen) atoms. The number of hydrogen-bond acceptors (Lipinski definition) is 4. The number of phosphoric acid groups is 1. The van der Waals surface area contributed by atoms with E-state index in [2.05, 4.69) is 4.94 Å². The van der Waals surface area contributed by atoms with E-state index in [1.54, 1.807) is 0 Å². The van der Waals surface area contributed by atoms with E-state index in [0.717, 1.165) is 0 Å². The Morgan fingerprint density at radius 3 is 1.46 bits per heavy atom. The topological polar surface area (TPSA) is 141 Å². The van der Waals surface area contributed by atoms with Crippen molar-refractivity contribution in [3.05, 3.63) is 0 Å². The summed E-state index contributed by atoms with van der Waals surface area (Å²) in [6, 6.07) is 0. The average molecular weight is 230 g/mol. The van der Waals surface area contributed by atoms with Crippen LogP contribution >= 0.6 is 7.82 Å². The van der Waals surface area contributed by atoms with Crippen LogP contribution in [-0.4, -0.2) is 61.3 Å². The molecule has 0 unspecified atom stereocenters. The van der Waals surface area contributed by atoms with E-state index in [1.165, 1.54) is 0 Å². The van der Waals surface area contributed by atoms with Crippen LogP contribution in [0.4, 0.5) is 4.53 Å². The average Bonchev–Trinajstić information content (AvgIpc) is 1.82. The van der Waals surface area contributed by atoms with Crippen molar-refractivity contribution < 1.29 is 43.4 Å². The van der Waals surface area contributed by atoms with E-state index >= 15 is 0 Å². The van der Waals surface area contributed by atoms with Crippen molar-refractivity contribution in [2.24, 2.45) is 0 Å². The molecule has 0 bridgehead atoms. The Morgan fingerprint density at radius 2 is 1.46 bits per heavy atom. The van der Waals surface area contributed by atoms with E-state index in [-0.39, 0.29) is 29.6 Å². The first kappa shape index (κ1) is 18.7. The molecule has 74 valence electrons. The molecule has 0 aliphatic heterocycles. The van der Waals surface area contributed by atoms with Crippen LogP contribution in [0.15, 0.2) is 0 Å². The summed E-state index contributed by atoms with van der Waals surface area (Å²) in [5, 5.41) is 7.47. The fourth-order valence-electron chi connectivity index (χ4n) is 0.0330. The van der Waals surface area contributed by atoms with Gasteiger partial charge in [0.25, 0.3) is 0 Å². The molecule has 0 saturated carbocycles. The zero-order valence-corrected chi connectivity index (χ0v) is 6.14. The summed E-state index contributed by atoms with van der Waals surface area (Å²) in [7, 11) is -4.64. The van der Waals surface area contributed by atoms with Crippen LogP contribution in [0.2, 0.25) is 0 Å². The first-order chi connectivity index (χ1) is 5.18. The van der Waals surface area contributed by atoms with Gasteiger partial charge in [0.15, 0.2) is 0 Å². The van der Waals surface area contributed by atoms with Crippen molar-refractivity contribution in [1.82, 2.24) is 0 Å². The third-order valence-electron chi connectivity index (χ3n) is 0.245. The monoisotopic (exact) mass is 230 g/mol. The number of carbonyl (C=O) groups excluding carboxylic acids is 1. The van der Waals surface area contributed by atoms with Crippen LogP contribution in [0.5, 0.6) is 0 Å². The van der Waals surface area contributed by atoms with Gasteiger partial charge in [0.05, 0.1) is 0 Å². The van der Waals surface area contributed by atoms with Crippen LogP contribution < -0.4 is 0 Å². The number of aliphatic carboxylic acids is 1. The van der Waals surface area contributed by atoms with Gasteiger partial charge >= 0.3 is 49.3 Å². The number of hydrogen-bond donors (Lipinski definition) is 4. The van der Waals surface area contributed by atoms with Gasteiger partial charge in [0, 0.05) is 4.53 Å². The molecular formula is C2H5FNaO8P. The fraction of sp³-hybridized carbons (Fsp3) is 0. The predicted molar refractivity (Wildman–Crippen MR) is 36.2 cm³/mol. The van der Waals surface area contributed by atoms with Crippen LogP contribution in [0, 0.1) is 0 Å². The molecular weight excluding hydrogens is 225 g/mol. The standard InChI is InChI=1S/C2HFO4.Na.H3O4P.H/c3-7-2(6)1(4)5;;1-5(2,3)4;/h(H,4,5);;(H3,1,2,3,4);. The first-order valence-corrected chi connectivity index (χ1v) is 3.59. The Labute approximate surface area is 92.8 Å². The van der Waals surface area contributed by atoms with Crippen molar-refractivity contribution in [2.45, 2.75) is 0 Å². The fourth-order valence-corrected chi connectivity index (χ4v) is 0.0330. The number of halogens is 1. The molecule has 0 aromatic rings. The van der Waals surface area contributed by atoms with Crippen molar-refractivity contribution in [2.75, 3.05) is 0 Å². The maximum absolute atomic E-state index is 10.4. The van der Waals surface area contributed by atoms with Crippen LogP contribution in [0.1, 0.15) is 0 Å². The molecule has 0 rings (SSSR count). The second-order valence-electron chi connectivity index (χ2n) is 1.18. The Morgan fingerprint density at radius 1 is 1.23 bits per heavy atom. The minimum absolute atomic E-state index is 0. The van der Waals surface area contributed by atoms with Crippen molar-refractivity contribution >= 4 is 49.3 Å². The van der Waals surface area contributed by atoms with Gasteiger partial charge < -0.3 is 19.8 Å². The molecule has 4 N–H and O–H groups in total. The SMILES string of the molecule is O=C(O)C(=O)OF.O=P(O)(O)O.[NaH]. The molecule has 0 aliphatic rings. The third-order valence-corrected chi connectivity index (χ3v) is 0.245. The summed E-state index contributed by atoms with van der Waals surface area (Å²) in [4.78, 5) is 42.4. The minimum atomic E-state index is -4.64. The zero-order chi connectivity index (χ0) is 10.4. The Balaban J connectivity index is -0.000000150. The van der Waals surface area contributed by atoms with Gasteiger partial charge in [-0.15, -0.1) is 0 Å². The van der Waals surface area contributed by atoms with Crippen molar-refractivity contribution in [1.29, 1.82) is 0 Å². The Hall–Kier alpha value is -0.0200. The molecule has 0 aromatic carbocycles. The molecule has 0 amide bonds. The van der Waals surface area contributed by atoms with E-state index in [4.69, 9.17) is 24.4 Å². The first-order valence-electron chi connectivity index (χ1n) is 2.02. The van der Waals surface area contributed by atoms with Gasteiger partial charge in [-0.05, 0) is 0 Å². The number of rotatable bonds is 0. The van der Waals surface area contributed by atoms with E-state index in [1.807, 2.05) is 0 Å². The molecule has 0 aliphatic carbocycles. The number of carbonyl (C=O) groups is 2. The van der Waals surface area contributed by atoms with Crippen LogP contribution in [0.3, 0.4) is 0 Å². The Bertz CT molecular complexity index is 202.